The third-order valence-corrected chi connectivity index (χ3v) is 5.38. The first-order valence-electron chi connectivity index (χ1n) is 8.79. The summed E-state index contributed by atoms with van der Waals surface area (Å²) in [5, 5.41) is 9.66. The number of likely N-dealkylation sites (tertiary alicyclic amines) is 1. The molecule has 1 aliphatic rings. The second kappa shape index (κ2) is 7.71. The molecular formula is C20H18Cl2N4O. The van der Waals surface area contributed by atoms with Crippen LogP contribution in [-0.4, -0.2) is 38.9 Å². The predicted octanol–water partition coefficient (Wildman–Crippen LogP) is 4.27. The minimum absolute atomic E-state index is 0.126. The van der Waals surface area contributed by atoms with Gasteiger partial charge in [0.1, 0.15) is 5.69 Å². The smallest absolute Gasteiger partial charge is 0.223 e. The van der Waals surface area contributed by atoms with Gasteiger partial charge < -0.3 is 4.90 Å². The largest absolute Gasteiger partial charge is 0.338 e. The SMILES string of the molecule is O=C(CCc1ccc(Cl)cc1Cl)N1CC(n2cc(-c3ccccc3)nn2)C1. The van der Waals surface area contributed by atoms with Gasteiger partial charge in [0.05, 0.1) is 12.2 Å². The quantitative estimate of drug-likeness (QED) is 0.642. The van der Waals surface area contributed by atoms with E-state index in [0.29, 0.717) is 36.0 Å². The van der Waals surface area contributed by atoms with Crippen LogP contribution in [0.5, 0.6) is 0 Å². The first-order valence-corrected chi connectivity index (χ1v) is 9.55. The maximum Gasteiger partial charge on any atom is 0.223 e. The van der Waals surface area contributed by atoms with Crippen molar-refractivity contribution in [1.29, 1.82) is 0 Å². The summed E-state index contributed by atoms with van der Waals surface area (Å²) in [5.41, 5.74) is 2.82. The van der Waals surface area contributed by atoms with Crippen LogP contribution in [0.15, 0.2) is 54.7 Å². The molecule has 2 aromatic carbocycles. The Morgan fingerprint density at radius 2 is 1.89 bits per heavy atom. The summed E-state index contributed by atoms with van der Waals surface area (Å²) in [4.78, 5) is 14.2. The van der Waals surface area contributed by atoms with E-state index in [1.165, 1.54) is 0 Å². The van der Waals surface area contributed by atoms with Crippen molar-refractivity contribution in [1.82, 2.24) is 19.9 Å². The van der Waals surface area contributed by atoms with Gasteiger partial charge in [0, 0.05) is 35.1 Å². The van der Waals surface area contributed by atoms with Gasteiger partial charge in [-0.15, -0.1) is 5.10 Å². The molecule has 138 valence electrons. The molecule has 0 aliphatic carbocycles. The van der Waals surface area contributed by atoms with Crippen molar-refractivity contribution in [2.45, 2.75) is 18.9 Å². The topological polar surface area (TPSA) is 51.0 Å². The fourth-order valence-electron chi connectivity index (χ4n) is 3.15. The number of aryl methyl sites for hydroxylation is 1. The van der Waals surface area contributed by atoms with Gasteiger partial charge >= 0.3 is 0 Å². The standard InChI is InChI=1S/C20H18Cl2N4O/c21-16-8-6-14(18(22)10-16)7-9-20(27)25-11-17(12-25)26-13-19(23-24-26)15-4-2-1-3-5-15/h1-6,8,10,13,17H,7,9,11-12H2. The van der Waals surface area contributed by atoms with Crippen molar-refractivity contribution >= 4 is 29.1 Å². The lowest BCUT2D eigenvalue weighted by molar-refractivity contribution is -0.137. The summed E-state index contributed by atoms with van der Waals surface area (Å²) in [6.45, 7) is 1.32. The number of amides is 1. The predicted molar refractivity (Wildman–Crippen MR) is 106 cm³/mol. The molecule has 2 heterocycles. The number of carbonyl (C=O) groups is 1. The Hall–Kier alpha value is -2.37. The maximum absolute atomic E-state index is 12.4. The molecule has 0 saturated carbocycles. The molecule has 0 unspecified atom stereocenters. The summed E-state index contributed by atoms with van der Waals surface area (Å²) in [6.07, 6.45) is 2.98. The fraction of sp³-hybridized carbons (Fsp3) is 0.250. The van der Waals surface area contributed by atoms with Crippen molar-refractivity contribution in [3.05, 3.63) is 70.3 Å². The highest BCUT2D eigenvalue weighted by atomic mass is 35.5. The molecule has 1 aromatic heterocycles. The van der Waals surface area contributed by atoms with Crippen molar-refractivity contribution in [2.24, 2.45) is 0 Å². The van der Waals surface area contributed by atoms with E-state index in [0.717, 1.165) is 16.8 Å². The molecule has 0 radical (unpaired) electrons. The minimum atomic E-state index is 0.126. The molecule has 0 bridgehead atoms. The van der Waals surface area contributed by atoms with Crippen LogP contribution in [0.3, 0.4) is 0 Å². The normalized spacial score (nSPS) is 14.2. The van der Waals surface area contributed by atoms with E-state index in [1.54, 1.807) is 12.1 Å². The highest BCUT2D eigenvalue weighted by Gasteiger charge is 2.32. The lowest BCUT2D eigenvalue weighted by Gasteiger charge is -2.39. The number of halogens is 2. The summed E-state index contributed by atoms with van der Waals surface area (Å²) in [5.74, 6) is 0.126. The van der Waals surface area contributed by atoms with E-state index in [9.17, 15) is 4.79 Å². The fourth-order valence-corrected chi connectivity index (χ4v) is 3.65. The van der Waals surface area contributed by atoms with Crippen LogP contribution in [0.25, 0.3) is 11.3 Å². The van der Waals surface area contributed by atoms with Crippen molar-refractivity contribution < 1.29 is 4.79 Å². The van der Waals surface area contributed by atoms with E-state index >= 15 is 0 Å². The lowest BCUT2D eigenvalue weighted by atomic mass is 10.1. The van der Waals surface area contributed by atoms with E-state index in [-0.39, 0.29) is 11.9 Å². The molecule has 1 aliphatic heterocycles. The Balaban J connectivity index is 1.30. The van der Waals surface area contributed by atoms with E-state index in [4.69, 9.17) is 23.2 Å². The van der Waals surface area contributed by atoms with Gasteiger partial charge in [-0.25, -0.2) is 4.68 Å². The van der Waals surface area contributed by atoms with Crippen LogP contribution in [0, 0.1) is 0 Å². The Kier molecular flexibility index (Phi) is 5.14. The third-order valence-electron chi connectivity index (χ3n) is 4.79. The molecule has 1 saturated heterocycles. The van der Waals surface area contributed by atoms with Crippen LogP contribution >= 0.6 is 23.2 Å². The number of nitrogens with zero attached hydrogens (tertiary/aromatic N) is 4. The Morgan fingerprint density at radius 3 is 2.63 bits per heavy atom. The second-order valence-electron chi connectivity index (χ2n) is 6.64. The molecule has 7 heteroatoms. The summed E-state index contributed by atoms with van der Waals surface area (Å²) in [6, 6.07) is 15.5. The first-order chi connectivity index (χ1) is 13.1. The highest BCUT2D eigenvalue weighted by Crippen LogP contribution is 2.25. The van der Waals surface area contributed by atoms with Crippen molar-refractivity contribution in [2.75, 3.05) is 13.1 Å². The van der Waals surface area contributed by atoms with Gasteiger partial charge in [-0.3, -0.25) is 4.79 Å². The second-order valence-corrected chi connectivity index (χ2v) is 7.48. The van der Waals surface area contributed by atoms with Crippen LogP contribution in [-0.2, 0) is 11.2 Å². The van der Waals surface area contributed by atoms with Crippen LogP contribution in [0.1, 0.15) is 18.0 Å². The van der Waals surface area contributed by atoms with Gasteiger partial charge in [-0.2, -0.15) is 0 Å². The van der Waals surface area contributed by atoms with Gasteiger partial charge in [-0.05, 0) is 24.1 Å². The number of carbonyl (C=O) groups excluding carboxylic acids is 1. The van der Waals surface area contributed by atoms with Crippen LogP contribution in [0.2, 0.25) is 10.0 Å². The number of hydrogen-bond donors (Lipinski definition) is 0. The average Bonchev–Trinajstić information content (AvgIpc) is 3.10. The van der Waals surface area contributed by atoms with Gasteiger partial charge in [0.15, 0.2) is 0 Å². The van der Waals surface area contributed by atoms with Gasteiger partial charge in [-0.1, -0.05) is 64.8 Å². The average molecular weight is 401 g/mol. The van der Waals surface area contributed by atoms with Crippen molar-refractivity contribution in [3.63, 3.8) is 0 Å². The molecule has 27 heavy (non-hydrogen) atoms. The van der Waals surface area contributed by atoms with Gasteiger partial charge in [0.2, 0.25) is 5.91 Å². The molecule has 0 N–H and O–H groups in total. The monoisotopic (exact) mass is 400 g/mol. The zero-order chi connectivity index (χ0) is 18.8. The lowest BCUT2D eigenvalue weighted by Crippen LogP contribution is -2.51. The summed E-state index contributed by atoms with van der Waals surface area (Å²) in [7, 11) is 0. The number of hydrogen-bond acceptors (Lipinski definition) is 3. The molecule has 1 amide bonds. The summed E-state index contributed by atoms with van der Waals surface area (Å²) >= 11 is 12.1. The van der Waals surface area contributed by atoms with Crippen molar-refractivity contribution in [3.8, 4) is 11.3 Å². The molecule has 5 nitrogen and oxygen atoms in total. The Morgan fingerprint density at radius 1 is 1.11 bits per heavy atom. The molecule has 0 spiro atoms. The molecular weight excluding hydrogens is 383 g/mol. The first kappa shape index (κ1) is 18.0. The molecule has 4 rings (SSSR count). The Labute approximate surface area is 167 Å². The van der Waals surface area contributed by atoms with E-state index in [2.05, 4.69) is 10.3 Å². The van der Waals surface area contributed by atoms with E-state index in [1.807, 2.05) is 52.2 Å². The third kappa shape index (κ3) is 3.99. The maximum atomic E-state index is 12.4. The van der Waals surface area contributed by atoms with Gasteiger partial charge in [0.25, 0.3) is 0 Å². The number of aromatic nitrogens is 3. The van der Waals surface area contributed by atoms with Crippen LogP contribution < -0.4 is 0 Å². The minimum Gasteiger partial charge on any atom is -0.338 e. The molecule has 1 fully saturated rings. The zero-order valence-electron chi connectivity index (χ0n) is 14.6. The highest BCUT2D eigenvalue weighted by molar-refractivity contribution is 6.35. The summed E-state index contributed by atoms with van der Waals surface area (Å²) < 4.78 is 1.85. The van der Waals surface area contributed by atoms with E-state index < -0.39 is 0 Å². The number of benzene rings is 2. The zero-order valence-corrected chi connectivity index (χ0v) is 16.1. The molecule has 0 atom stereocenters. The Bertz CT molecular complexity index is 952. The number of rotatable bonds is 5. The van der Waals surface area contributed by atoms with Crippen LogP contribution in [0.4, 0.5) is 0 Å². The molecule has 3 aromatic rings.